The zero-order chi connectivity index (χ0) is 22.4. The summed E-state index contributed by atoms with van der Waals surface area (Å²) in [5.74, 6) is 0.400. The van der Waals surface area contributed by atoms with Gasteiger partial charge in [-0.05, 0) is 37.5 Å². The van der Waals surface area contributed by atoms with Crippen LogP contribution in [-0.2, 0) is 28.4 Å². The zero-order valence-electron chi connectivity index (χ0n) is 18.6. The van der Waals surface area contributed by atoms with Crippen LogP contribution in [0.5, 0.6) is 0 Å². The van der Waals surface area contributed by atoms with Crippen LogP contribution < -0.4 is 14.9 Å². The van der Waals surface area contributed by atoms with Crippen LogP contribution in [0.15, 0.2) is 35.5 Å². The lowest BCUT2D eigenvalue weighted by atomic mass is 9.94. The Bertz CT molecular complexity index is 960. The van der Waals surface area contributed by atoms with Crippen LogP contribution in [0.4, 0.5) is 5.69 Å². The van der Waals surface area contributed by atoms with E-state index in [9.17, 15) is 13.2 Å². The molecule has 2 aromatic rings. The van der Waals surface area contributed by atoms with Gasteiger partial charge in [-0.2, -0.15) is 0 Å². The fourth-order valence-corrected chi connectivity index (χ4v) is 4.91. The molecule has 0 spiro atoms. The van der Waals surface area contributed by atoms with E-state index in [1.807, 2.05) is 12.1 Å². The average Bonchev–Trinajstić information content (AvgIpc) is 3.12. The van der Waals surface area contributed by atoms with Crippen molar-refractivity contribution >= 4 is 21.6 Å². The second-order valence-corrected chi connectivity index (χ2v) is 9.94. The molecule has 1 aliphatic rings. The number of anilines is 1. The average molecular weight is 448 g/mol. The fraction of sp³-hybridized carbons (Fsp3) is 0.545. The van der Waals surface area contributed by atoms with E-state index in [2.05, 4.69) is 39.1 Å². The maximum absolute atomic E-state index is 12.2. The van der Waals surface area contributed by atoms with Crippen LogP contribution in [0.2, 0.25) is 0 Å². The molecule has 9 heteroatoms. The molecule has 3 rings (SSSR count). The summed E-state index contributed by atoms with van der Waals surface area (Å²) in [6.45, 7) is 2.17. The van der Waals surface area contributed by atoms with Gasteiger partial charge >= 0.3 is 0 Å². The predicted molar refractivity (Wildman–Crippen MR) is 121 cm³/mol. The van der Waals surface area contributed by atoms with Crippen LogP contribution in [0, 0.1) is 6.92 Å². The number of carbonyl (C=O) groups excluding carboxylic acids is 1. The minimum Gasteiger partial charge on any atom is -0.372 e. The van der Waals surface area contributed by atoms with Crippen molar-refractivity contribution in [1.29, 1.82) is 0 Å². The summed E-state index contributed by atoms with van der Waals surface area (Å²) >= 11 is 0. The summed E-state index contributed by atoms with van der Waals surface area (Å²) in [6.07, 6.45) is 7.96. The van der Waals surface area contributed by atoms with Crippen LogP contribution in [0.1, 0.15) is 49.9 Å². The lowest BCUT2D eigenvalue weighted by Crippen LogP contribution is -2.33. The summed E-state index contributed by atoms with van der Waals surface area (Å²) in [5, 5.41) is 2.81. The van der Waals surface area contributed by atoms with Gasteiger partial charge in [-0.25, -0.2) is 18.1 Å². The molecule has 1 heterocycles. The number of hydrogen-bond donors (Lipinski definition) is 2. The molecule has 0 unspecified atom stereocenters. The van der Waals surface area contributed by atoms with Gasteiger partial charge in [-0.1, -0.05) is 31.4 Å². The van der Waals surface area contributed by atoms with Gasteiger partial charge in [0.1, 0.15) is 5.82 Å². The van der Waals surface area contributed by atoms with Gasteiger partial charge in [-0.15, -0.1) is 0 Å². The summed E-state index contributed by atoms with van der Waals surface area (Å²) < 4.78 is 28.5. The minimum absolute atomic E-state index is 0.0227. The molecule has 0 aliphatic heterocycles. The number of hydrogen-bond acceptors (Lipinski definition) is 5. The lowest BCUT2D eigenvalue weighted by molar-refractivity contribution is -0.121. The van der Waals surface area contributed by atoms with E-state index in [1.54, 1.807) is 18.5 Å². The number of nitrogens with one attached hydrogen (secondary N) is 2. The van der Waals surface area contributed by atoms with Crippen molar-refractivity contribution in [2.75, 3.05) is 18.5 Å². The molecule has 1 amide bonds. The monoisotopic (exact) mass is 447 g/mol. The molecule has 0 atom stereocenters. The van der Waals surface area contributed by atoms with E-state index < -0.39 is 10.0 Å². The Morgan fingerprint density at radius 2 is 1.87 bits per heavy atom. The quantitative estimate of drug-likeness (QED) is 0.616. The van der Waals surface area contributed by atoms with Crippen molar-refractivity contribution < 1.29 is 13.2 Å². The number of rotatable bonds is 9. The molecule has 1 saturated carbocycles. The third-order valence-corrected chi connectivity index (χ3v) is 7.29. The predicted octanol–water partition coefficient (Wildman–Crippen LogP) is 2.48. The molecular formula is C22H33N5O3S. The number of aromatic nitrogens is 2. The van der Waals surface area contributed by atoms with Gasteiger partial charge in [-0.3, -0.25) is 4.79 Å². The molecular weight excluding hydrogens is 414 g/mol. The Labute approximate surface area is 185 Å². The van der Waals surface area contributed by atoms with E-state index in [4.69, 9.17) is 0 Å². The Morgan fingerprint density at radius 3 is 2.48 bits per heavy atom. The van der Waals surface area contributed by atoms with Gasteiger partial charge in [0.15, 0.2) is 5.03 Å². The number of benzene rings is 1. The first-order valence-corrected chi connectivity index (χ1v) is 12.3. The van der Waals surface area contributed by atoms with Crippen molar-refractivity contribution in [3.05, 3.63) is 41.9 Å². The maximum atomic E-state index is 12.2. The van der Waals surface area contributed by atoms with E-state index >= 15 is 0 Å². The molecule has 170 valence electrons. The van der Waals surface area contributed by atoms with E-state index in [0.29, 0.717) is 18.4 Å². The fourth-order valence-electron chi connectivity index (χ4n) is 3.85. The van der Waals surface area contributed by atoms with Crippen molar-refractivity contribution in [2.24, 2.45) is 7.05 Å². The Morgan fingerprint density at radius 1 is 1.19 bits per heavy atom. The third kappa shape index (κ3) is 6.30. The molecule has 0 saturated heterocycles. The molecule has 0 radical (unpaired) electrons. The highest BCUT2D eigenvalue weighted by Gasteiger charge is 2.19. The zero-order valence-corrected chi connectivity index (χ0v) is 19.4. The summed E-state index contributed by atoms with van der Waals surface area (Å²) in [4.78, 5) is 18.5. The molecule has 1 aromatic heterocycles. The van der Waals surface area contributed by atoms with E-state index in [1.165, 1.54) is 44.0 Å². The Kier molecular flexibility index (Phi) is 7.72. The van der Waals surface area contributed by atoms with Crippen molar-refractivity contribution in [1.82, 2.24) is 19.6 Å². The number of carbonyl (C=O) groups is 1. The van der Waals surface area contributed by atoms with Gasteiger partial charge in [0.05, 0.1) is 0 Å². The first kappa shape index (κ1) is 23.3. The van der Waals surface area contributed by atoms with Crippen LogP contribution in [0.25, 0.3) is 0 Å². The molecule has 31 heavy (non-hydrogen) atoms. The van der Waals surface area contributed by atoms with E-state index in [0.717, 1.165) is 5.56 Å². The van der Waals surface area contributed by atoms with Gasteiger partial charge in [0.2, 0.25) is 5.91 Å². The number of imidazole rings is 1. The number of amides is 1. The van der Waals surface area contributed by atoms with Crippen LogP contribution in [-0.4, -0.2) is 43.5 Å². The smallest absolute Gasteiger partial charge is 0.259 e. The highest BCUT2D eigenvalue weighted by Crippen LogP contribution is 2.26. The van der Waals surface area contributed by atoms with Gasteiger partial charge in [0.25, 0.3) is 10.0 Å². The van der Waals surface area contributed by atoms with E-state index in [-0.39, 0.29) is 23.9 Å². The molecule has 1 aliphatic carbocycles. The first-order valence-electron chi connectivity index (χ1n) is 10.8. The molecule has 2 N–H and O–H groups in total. The van der Waals surface area contributed by atoms with Crippen LogP contribution in [0.3, 0.4) is 0 Å². The SMILES string of the molecule is Cc1nc(S(=O)(=O)NCCC(=O)NCc2ccc(N(C)C3CCCCC3)cc2)cn1C. The molecule has 0 bridgehead atoms. The second-order valence-electron chi connectivity index (χ2n) is 8.23. The Hall–Kier alpha value is -2.39. The summed E-state index contributed by atoms with van der Waals surface area (Å²) in [5.41, 5.74) is 2.21. The molecule has 1 aromatic carbocycles. The highest BCUT2D eigenvalue weighted by atomic mass is 32.2. The van der Waals surface area contributed by atoms with Crippen molar-refractivity contribution in [3.8, 4) is 0 Å². The topological polar surface area (TPSA) is 96.3 Å². The molecule has 1 fully saturated rings. The minimum atomic E-state index is -3.71. The van der Waals surface area contributed by atoms with Crippen molar-refractivity contribution in [3.63, 3.8) is 0 Å². The van der Waals surface area contributed by atoms with Crippen molar-refractivity contribution in [2.45, 2.75) is 63.1 Å². The summed E-state index contributed by atoms with van der Waals surface area (Å²) in [7, 11) is 0.171. The largest absolute Gasteiger partial charge is 0.372 e. The van der Waals surface area contributed by atoms with Gasteiger partial charge < -0.3 is 14.8 Å². The van der Waals surface area contributed by atoms with Crippen LogP contribution >= 0.6 is 0 Å². The number of sulfonamides is 1. The summed E-state index contributed by atoms with van der Waals surface area (Å²) in [6, 6.07) is 8.86. The third-order valence-electron chi connectivity index (χ3n) is 5.96. The maximum Gasteiger partial charge on any atom is 0.259 e. The van der Waals surface area contributed by atoms with Gasteiger partial charge in [0, 0.05) is 51.5 Å². The Balaban J connectivity index is 1.42. The molecule has 8 nitrogen and oxygen atoms in total. The first-order chi connectivity index (χ1) is 14.8. The second kappa shape index (κ2) is 10.3. The standard InChI is InChI=1S/C22H33N5O3S/c1-17-25-22(16-26(17)2)31(29,30)24-14-13-21(28)23-15-18-9-11-20(12-10-18)27(3)19-7-5-4-6-8-19/h9-12,16,19,24H,4-8,13-15H2,1-3H3,(H,23,28). The normalized spacial score (nSPS) is 15.1. The lowest BCUT2D eigenvalue weighted by Gasteiger charge is -2.33. The number of nitrogens with zero attached hydrogens (tertiary/aromatic N) is 3. The number of aryl methyl sites for hydroxylation is 2. The highest BCUT2D eigenvalue weighted by molar-refractivity contribution is 7.89.